The zero-order valence-electron chi connectivity index (χ0n) is 11.3. The number of hydrogen-bond acceptors (Lipinski definition) is 4. The van der Waals surface area contributed by atoms with Gasteiger partial charge in [-0.2, -0.15) is 4.31 Å². The van der Waals surface area contributed by atoms with Crippen molar-refractivity contribution in [2.45, 2.75) is 30.3 Å². The van der Waals surface area contributed by atoms with E-state index in [1.165, 1.54) is 16.6 Å². The summed E-state index contributed by atoms with van der Waals surface area (Å²) in [4.78, 5) is 13.5. The molecule has 1 fully saturated rings. The first-order chi connectivity index (χ1) is 9.28. The maximum atomic E-state index is 12.5. The van der Waals surface area contributed by atoms with Crippen LogP contribution in [-0.4, -0.2) is 43.5 Å². The molecule has 1 N–H and O–H groups in total. The molecule has 8 heteroatoms. The Hall–Kier alpha value is -0.890. The molecule has 112 valence electrons. The summed E-state index contributed by atoms with van der Waals surface area (Å²) >= 11 is 5.69. The van der Waals surface area contributed by atoms with Crippen molar-refractivity contribution < 1.29 is 13.2 Å². The van der Waals surface area contributed by atoms with Gasteiger partial charge in [0.05, 0.1) is 10.5 Å². The van der Waals surface area contributed by atoms with Crippen LogP contribution >= 0.6 is 11.6 Å². The molecule has 1 aliphatic heterocycles. The highest BCUT2D eigenvalue weighted by molar-refractivity contribution is 7.89. The second kappa shape index (κ2) is 5.48. The fourth-order valence-corrected chi connectivity index (χ4v) is 4.09. The molecule has 1 saturated heterocycles. The summed E-state index contributed by atoms with van der Waals surface area (Å²) in [6.07, 6.45) is 2.70. The lowest BCUT2D eigenvalue weighted by Crippen LogP contribution is -2.49. The number of piperidine rings is 1. The highest BCUT2D eigenvalue weighted by atomic mass is 35.5. The molecule has 0 amide bonds. The van der Waals surface area contributed by atoms with Crippen molar-refractivity contribution in [3.63, 3.8) is 0 Å². The number of rotatable bonds is 3. The number of nitrogens with zero attached hydrogens (tertiary/aromatic N) is 1. The molecule has 1 aliphatic rings. The van der Waals surface area contributed by atoms with Gasteiger partial charge in [0.1, 0.15) is 5.02 Å². The van der Waals surface area contributed by atoms with Gasteiger partial charge in [-0.3, -0.25) is 4.79 Å². The Labute approximate surface area is 122 Å². The predicted molar refractivity (Wildman–Crippen MR) is 75.5 cm³/mol. The fourth-order valence-electron chi connectivity index (χ4n) is 2.27. The Balaban J connectivity index is 2.34. The molecule has 20 heavy (non-hydrogen) atoms. The first-order valence-corrected chi connectivity index (χ1v) is 8.04. The zero-order valence-corrected chi connectivity index (χ0v) is 12.9. The van der Waals surface area contributed by atoms with E-state index in [0.717, 1.165) is 12.8 Å². The van der Waals surface area contributed by atoms with Crippen molar-refractivity contribution in [3.05, 3.63) is 27.6 Å². The summed E-state index contributed by atoms with van der Waals surface area (Å²) in [7, 11) is -2.11. The van der Waals surface area contributed by atoms with E-state index in [9.17, 15) is 13.2 Å². The average Bonchev–Trinajstić information content (AvgIpc) is 2.42. The van der Waals surface area contributed by atoms with Crippen LogP contribution < -0.4 is 5.56 Å². The van der Waals surface area contributed by atoms with Crippen molar-refractivity contribution in [3.8, 4) is 0 Å². The number of H-pyrrole nitrogens is 1. The molecule has 0 aliphatic carbocycles. The first kappa shape index (κ1) is 15.5. The van der Waals surface area contributed by atoms with Gasteiger partial charge in [-0.1, -0.05) is 11.6 Å². The van der Waals surface area contributed by atoms with E-state index in [1.807, 2.05) is 6.92 Å². The molecule has 1 aromatic rings. The number of aromatic amines is 1. The van der Waals surface area contributed by atoms with Crippen molar-refractivity contribution in [2.24, 2.45) is 0 Å². The number of methoxy groups -OCH3 is 1. The minimum absolute atomic E-state index is 0.0116. The predicted octanol–water partition coefficient (Wildman–Crippen LogP) is 1.22. The van der Waals surface area contributed by atoms with Gasteiger partial charge in [0.2, 0.25) is 10.0 Å². The summed E-state index contributed by atoms with van der Waals surface area (Å²) < 4.78 is 31.8. The SMILES string of the molecule is COC1(C)CCCN(S(=O)(=O)c2c[nH]c(=O)c(Cl)c2)C1. The lowest BCUT2D eigenvalue weighted by Gasteiger charge is -2.38. The van der Waals surface area contributed by atoms with Gasteiger partial charge in [-0.15, -0.1) is 0 Å². The molecule has 1 aromatic heterocycles. The van der Waals surface area contributed by atoms with E-state index in [4.69, 9.17) is 16.3 Å². The van der Waals surface area contributed by atoms with Gasteiger partial charge in [-0.05, 0) is 25.8 Å². The van der Waals surface area contributed by atoms with E-state index >= 15 is 0 Å². The number of hydrogen-bond donors (Lipinski definition) is 1. The van der Waals surface area contributed by atoms with Crippen LogP contribution in [0.5, 0.6) is 0 Å². The van der Waals surface area contributed by atoms with Crippen LogP contribution in [0.2, 0.25) is 5.02 Å². The number of ether oxygens (including phenoxy) is 1. The third kappa shape index (κ3) is 2.90. The quantitative estimate of drug-likeness (QED) is 0.908. The maximum Gasteiger partial charge on any atom is 0.266 e. The van der Waals surface area contributed by atoms with Crippen molar-refractivity contribution in [1.29, 1.82) is 0 Å². The highest BCUT2D eigenvalue weighted by Crippen LogP contribution is 2.28. The Bertz CT molecular complexity index is 658. The minimum Gasteiger partial charge on any atom is -0.377 e. The molecule has 2 heterocycles. The summed E-state index contributed by atoms with van der Waals surface area (Å²) in [5, 5.41) is -0.141. The Morgan fingerprint density at radius 3 is 2.80 bits per heavy atom. The summed E-state index contributed by atoms with van der Waals surface area (Å²) in [5.74, 6) is 0. The molecule has 2 rings (SSSR count). The molecule has 0 radical (unpaired) electrons. The summed E-state index contributed by atoms with van der Waals surface area (Å²) in [5.41, 5.74) is -0.997. The highest BCUT2D eigenvalue weighted by Gasteiger charge is 2.37. The van der Waals surface area contributed by atoms with E-state index in [2.05, 4.69) is 4.98 Å². The number of pyridine rings is 1. The molecular formula is C12H17ClN2O4S. The van der Waals surface area contributed by atoms with Crippen LogP contribution in [0.1, 0.15) is 19.8 Å². The lowest BCUT2D eigenvalue weighted by molar-refractivity contribution is -0.0319. The third-order valence-corrected chi connectivity index (χ3v) is 5.69. The smallest absolute Gasteiger partial charge is 0.266 e. The van der Waals surface area contributed by atoms with Gasteiger partial charge < -0.3 is 9.72 Å². The van der Waals surface area contributed by atoms with Crippen LogP contribution in [0.3, 0.4) is 0 Å². The second-order valence-electron chi connectivity index (χ2n) is 5.11. The van der Waals surface area contributed by atoms with Gasteiger partial charge in [0.25, 0.3) is 5.56 Å². The molecule has 0 saturated carbocycles. The Morgan fingerprint density at radius 2 is 2.20 bits per heavy atom. The first-order valence-electron chi connectivity index (χ1n) is 6.22. The molecule has 1 unspecified atom stereocenters. The monoisotopic (exact) mass is 320 g/mol. The Morgan fingerprint density at radius 1 is 1.50 bits per heavy atom. The molecule has 0 aromatic carbocycles. The van der Waals surface area contributed by atoms with Crippen molar-refractivity contribution in [1.82, 2.24) is 9.29 Å². The fraction of sp³-hybridized carbons (Fsp3) is 0.583. The molecule has 0 bridgehead atoms. The van der Waals surface area contributed by atoms with Gasteiger partial charge in [-0.25, -0.2) is 8.42 Å². The molecule has 6 nitrogen and oxygen atoms in total. The number of aromatic nitrogens is 1. The van der Waals surface area contributed by atoms with Crippen molar-refractivity contribution in [2.75, 3.05) is 20.2 Å². The summed E-state index contributed by atoms with van der Waals surface area (Å²) in [6, 6.07) is 1.18. The topological polar surface area (TPSA) is 79.5 Å². The van der Waals surface area contributed by atoms with Crippen LogP contribution in [-0.2, 0) is 14.8 Å². The van der Waals surface area contributed by atoms with Gasteiger partial charge >= 0.3 is 0 Å². The number of halogens is 1. The zero-order chi connectivity index (χ0) is 15.0. The number of nitrogens with one attached hydrogen (secondary N) is 1. The molecule has 0 spiro atoms. The standard InChI is InChI=1S/C12H17ClN2O4S/c1-12(19-2)4-3-5-15(8-12)20(17,18)9-6-10(13)11(16)14-7-9/h6-7H,3-5,8H2,1-2H3,(H,14,16). The second-order valence-corrected chi connectivity index (χ2v) is 7.45. The average molecular weight is 321 g/mol. The largest absolute Gasteiger partial charge is 0.377 e. The van der Waals surface area contributed by atoms with Crippen LogP contribution in [0, 0.1) is 0 Å². The molecular weight excluding hydrogens is 304 g/mol. The van der Waals surface area contributed by atoms with Crippen molar-refractivity contribution >= 4 is 21.6 Å². The van der Waals surface area contributed by atoms with E-state index in [0.29, 0.717) is 6.54 Å². The minimum atomic E-state index is -3.68. The van der Waals surface area contributed by atoms with Crippen LogP contribution in [0.4, 0.5) is 0 Å². The van der Waals surface area contributed by atoms with Gasteiger partial charge in [0.15, 0.2) is 0 Å². The van der Waals surface area contributed by atoms with Crippen LogP contribution in [0.25, 0.3) is 0 Å². The van der Waals surface area contributed by atoms with Gasteiger partial charge in [0, 0.05) is 26.4 Å². The third-order valence-electron chi connectivity index (χ3n) is 3.59. The van der Waals surface area contributed by atoms with E-state index in [-0.39, 0.29) is 16.5 Å². The van der Waals surface area contributed by atoms with E-state index < -0.39 is 21.2 Å². The van der Waals surface area contributed by atoms with Crippen LogP contribution in [0.15, 0.2) is 22.0 Å². The maximum absolute atomic E-state index is 12.5. The molecule has 1 atom stereocenters. The summed E-state index contributed by atoms with van der Waals surface area (Å²) in [6.45, 7) is 2.59. The van der Waals surface area contributed by atoms with E-state index in [1.54, 1.807) is 7.11 Å². The lowest BCUT2D eigenvalue weighted by atomic mass is 9.96. The normalized spacial score (nSPS) is 24.8. The Kier molecular flexibility index (Phi) is 4.24. The number of sulfonamides is 1.